The van der Waals surface area contributed by atoms with Crippen LogP contribution in [0.3, 0.4) is 0 Å². The van der Waals surface area contributed by atoms with Crippen LogP contribution < -0.4 is 5.32 Å². The van der Waals surface area contributed by atoms with E-state index in [-0.39, 0.29) is 30.1 Å². The molecule has 0 saturated carbocycles. The fourth-order valence-electron chi connectivity index (χ4n) is 3.18. The fraction of sp³-hybridized carbons (Fsp3) is 0.562. The largest absolute Gasteiger partial charge is 0.339 e. The number of piperazine rings is 1. The van der Waals surface area contributed by atoms with Crippen molar-refractivity contribution in [3.05, 3.63) is 35.9 Å². The van der Waals surface area contributed by atoms with Crippen LogP contribution in [0, 0.1) is 0 Å². The molecule has 2 aliphatic rings. The second kappa shape index (κ2) is 8.29. The van der Waals surface area contributed by atoms with Crippen LogP contribution in [0.1, 0.15) is 18.4 Å². The fourth-order valence-corrected chi connectivity index (χ4v) is 4.69. The highest BCUT2D eigenvalue weighted by Gasteiger charge is 2.32. The van der Waals surface area contributed by atoms with Crippen LogP contribution in [0.15, 0.2) is 30.3 Å². The maximum atomic E-state index is 12.5. The van der Waals surface area contributed by atoms with Gasteiger partial charge in [-0.05, 0) is 24.9 Å². The second-order valence-corrected chi connectivity index (χ2v) is 8.08. The molecule has 1 aromatic rings. The number of benzene rings is 1. The molecule has 1 amide bonds. The van der Waals surface area contributed by atoms with Crippen molar-refractivity contribution in [1.82, 2.24) is 14.5 Å². The number of carbonyl (C=O) groups is 1. The highest BCUT2D eigenvalue weighted by molar-refractivity contribution is 7.88. The molecule has 6 nitrogen and oxygen atoms in total. The number of halogens is 1. The predicted octanol–water partition coefficient (Wildman–Crippen LogP) is 0.834. The lowest BCUT2D eigenvalue weighted by Crippen LogP contribution is -2.54. The van der Waals surface area contributed by atoms with E-state index in [0.717, 1.165) is 24.9 Å². The summed E-state index contributed by atoms with van der Waals surface area (Å²) in [4.78, 5) is 14.1. The van der Waals surface area contributed by atoms with Crippen molar-refractivity contribution in [2.75, 3.05) is 32.7 Å². The van der Waals surface area contributed by atoms with Gasteiger partial charge in [0.25, 0.3) is 0 Å². The van der Waals surface area contributed by atoms with Gasteiger partial charge in [-0.2, -0.15) is 4.31 Å². The standard InChI is InChI=1S/C16H23N3O3S.ClH/c20-16(15-7-4-8-17-15)18-9-11-19(12-10-18)23(21,22)13-14-5-2-1-3-6-14;/h1-3,5-6,15,17H,4,7-13H2;1H. The predicted molar refractivity (Wildman–Crippen MR) is 95.5 cm³/mol. The zero-order valence-electron chi connectivity index (χ0n) is 13.6. The molecule has 0 aromatic heterocycles. The topological polar surface area (TPSA) is 69.7 Å². The number of amides is 1. The molecule has 2 heterocycles. The van der Waals surface area contributed by atoms with Gasteiger partial charge in [-0.1, -0.05) is 30.3 Å². The van der Waals surface area contributed by atoms with Crippen LogP contribution in [-0.2, 0) is 20.6 Å². The number of carbonyl (C=O) groups excluding carboxylic acids is 1. The van der Waals surface area contributed by atoms with E-state index in [1.807, 2.05) is 30.3 Å². The van der Waals surface area contributed by atoms with Crippen molar-refractivity contribution in [2.24, 2.45) is 0 Å². The molecule has 134 valence electrons. The zero-order valence-corrected chi connectivity index (χ0v) is 15.2. The van der Waals surface area contributed by atoms with Gasteiger partial charge in [-0.3, -0.25) is 4.79 Å². The summed E-state index contributed by atoms with van der Waals surface area (Å²) in [5.74, 6) is 0.133. The van der Waals surface area contributed by atoms with E-state index in [2.05, 4.69) is 5.32 Å². The number of hydrogen-bond donors (Lipinski definition) is 1. The Morgan fingerprint density at radius 2 is 1.79 bits per heavy atom. The van der Waals surface area contributed by atoms with Crippen molar-refractivity contribution in [3.63, 3.8) is 0 Å². The van der Waals surface area contributed by atoms with E-state index in [4.69, 9.17) is 0 Å². The van der Waals surface area contributed by atoms with Crippen molar-refractivity contribution < 1.29 is 13.2 Å². The average Bonchev–Trinajstić information content (AvgIpc) is 3.09. The summed E-state index contributed by atoms with van der Waals surface area (Å²) in [6.07, 6.45) is 1.91. The summed E-state index contributed by atoms with van der Waals surface area (Å²) in [6, 6.07) is 9.12. The minimum atomic E-state index is -3.32. The van der Waals surface area contributed by atoms with Crippen LogP contribution in [0.4, 0.5) is 0 Å². The first-order chi connectivity index (χ1) is 11.1. The molecule has 3 rings (SSSR count). The normalized spacial score (nSPS) is 22.2. The summed E-state index contributed by atoms with van der Waals surface area (Å²) in [6.45, 7) is 2.61. The second-order valence-electron chi connectivity index (χ2n) is 6.12. The van der Waals surface area contributed by atoms with E-state index in [1.165, 1.54) is 4.31 Å². The minimum Gasteiger partial charge on any atom is -0.339 e. The average molecular weight is 374 g/mol. The monoisotopic (exact) mass is 373 g/mol. The van der Waals surface area contributed by atoms with E-state index >= 15 is 0 Å². The third-order valence-electron chi connectivity index (χ3n) is 4.49. The van der Waals surface area contributed by atoms with Gasteiger partial charge >= 0.3 is 0 Å². The highest BCUT2D eigenvalue weighted by atomic mass is 35.5. The molecule has 0 aliphatic carbocycles. The molecular weight excluding hydrogens is 350 g/mol. The summed E-state index contributed by atoms with van der Waals surface area (Å²) in [7, 11) is -3.32. The number of hydrogen-bond acceptors (Lipinski definition) is 4. The molecule has 2 saturated heterocycles. The van der Waals surface area contributed by atoms with Crippen LogP contribution in [0.25, 0.3) is 0 Å². The van der Waals surface area contributed by atoms with Gasteiger partial charge in [0, 0.05) is 26.2 Å². The molecule has 1 N–H and O–H groups in total. The first kappa shape index (κ1) is 19.2. The molecule has 1 unspecified atom stereocenters. The first-order valence-corrected chi connectivity index (χ1v) is 9.71. The third kappa shape index (κ3) is 4.47. The lowest BCUT2D eigenvalue weighted by Gasteiger charge is -2.35. The highest BCUT2D eigenvalue weighted by Crippen LogP contribution is 2.15. The Labute approximate surface area is 149 Å². The molecule has 1 atom stereocenters. The van der Waals surface area contributed by atoms with Gasteiger partial charge < -0.3 is 10.2 Å². The number of sulfonamides is 1. The first-order valence-electron chi connectivity index (χ1n) is 8.10. The number of nitrogens with zero attached hydrogens (tertiary/aromatic N) is 2. The molecule has 0 spiro atoms. The van der Waals surface area contributed by atoms with Crippen LogP contribution in [0.5, 0.6) is 0 Å². The van der Waals surface area contributed by atoms with Crippen LogP contribution in [0.2, 0.25) is 0 Å². The van der Waals surface area contributed by atoms with Crippen molar-refractivity contribution in [1.29, 1.82) is 0 Å². The molecule has 24 heavy (non-hydrogen) atoms. The summed E-state index contributed by atoms with van der Waals surface area (Å²) >= 11 is 0. The maximum absolute atomic E-state index is 12.5. The molecule has 0 bridgehead atoms. The SMILES string of the molecule is Cl.O=C(C1CCCN1)N1CCN(S(=O)(=O)Cc2ccccc2)CC1. The van der Waals surface area contributed by atoms with Gasteiger partial charge in [-0.15, -0.1) is 12.4 Å². The van der Waals surface area contributed by atoms with Crippen molar-refractivity contribution >= 4 is 28.3 Å². The molecule has 8 heteroatoms. The van der Waals surface area contributed by atoms with E-state index in [0.29, 0.717) is 26.2 Å². The Morgan fingerprint density at radius 3 is 2.38 bits per heavy atom. The molecule has 2 fully saturated rings. The number of rotatable bonds is 4. The van der Waals surface area contributed by atoms with E-state index < -0.39 is 10.0 Å². The Kier molecular flexibility index (Phi) is 6.62. The van der Waals surface area contributed by atoms with Gasteiger partial charge in [0.05, 0.1) is 11.8 Å². The van der Waals surface area contributed by atoms with Gasteiger partial charge in [0.15, 0.2) is 0 Å². The van der Waals surface area contributed by atoms with Crippen LogP contribution >= 0.6 is 12.4 Å². The lowest BCUT2D eigenvalue weighted by atomic mass is 10.2. The third-order valence-corrected chi connectivity index (χ3v) is 6.34. The Morgan fingerprint density at radius 1 is 1.12 bits per heavy atom. The van der Waals surface area contributed by atoms with Gasteiger partial charge in [0.1, 0.15) is 0 Å². The van der Waals surface area contributed by atoms with Crippen molar-refractivity contribution in [2.45, 2.75) is 24.6 Å². The minimum absolute atomic E-state index is 0. The molecule has 2 aliphatic heterocycles. The van der Waals surface area contributed by atoms with Gasteiger partial charge in [0.2, 0.25) is 15.9 Å². The van der Waals surface area contributed by atoms with E-state index in [1.54, 1.807) is 4.90 Å². The Bertz CT molecular complexity index is 640. The number of nitrogens with one attached hydrogen (secondary N) is 1. The van der Waals surface area contributed by atoms with E-state index in [9.17, 15) is 13.2 Å². The lowest BCUT2D eigenvalue weighted by molar-refractivity contribution is -0.134. The zero-order chi connectivity index (χ0) is 16.3. The Hall–Kier alpha value is -1.15. The van der Waals surface area contributed by atoms with Crippen LogP contribution in [-0.4, -0.2) is 62.3 Å². The quantitative estimate of drug-likeness (QED) is 0.848. The maximum Gasteiger partial charge on any atom is 0.239 e. The smallest absolute Gasteiger partial charge is 0.239 e. The molecule has 0 radical (unpaired) electrons. The molecule has 1 aromatic carbocycles. The Balaban J connectivity index is 0.00000208. The summed E-state index contributed by atoms with van der Waals surface area (Å²) in [5, 5.41) is 3.20. The summed E-state index contributed by atoms with van der Waals surface area (Å²) in [5.41, 5.74) is 0.793. The summed E-state index contributed by atoms with van der Waals surface area (Å²) < 4.78 is 26.5. The van der Waals surface area contributed by atoms with Crippen molar-refractivity contribution in [3.8, 4) is 0 Å². The molecular formula is C16H24ClN3O3S. The van der Waals surface area contributed by atoms with Gasteiger partial charge in [-0.25, -0.2) is 8.42 Å².